The van der Waals surface area contributed by atoms with Crippen LogP contribution >= 0.6 is 0 Å². The lowest BCUT2D eigenvalue weighted by molar-refractivity contribution is -0.157. The number of aromatic nitrogens is 2. The molecule has 0 amide bonds. The van der Waals surface area contributed by atoms with E-state index in [4.69, 9.17) is 5.10 Å². The van der Waals surface area contributed by atoms with Crippen LogP contribution in [-0.4, -0.2) is 76.5 Å². The largest absolute Gasteiger partial charge is 0.405 e. The molecule has 6 nitrogen and oxygen atoms in total. The van der Waals surface area contributed by atoms with Gasteiger partial charge in [0.15, 0.2) is 0 Å². The Labute approximate surface area is 242 Å². The maximum atomic E-state index is 14.3. The summed E-state index contributed by atoms with van der Waals surface area (Å²) in [5.41, 5.74) is 6.90. The van der Waals surface area contributed by atoms with E-state index >= 15 is 0 Å². The van der Waals surface area contributed by atoms with Gasteiger partial charge in [0.1, 0.15) is 11.9 Å². The number of aryl methyl sites for hydroxylation is 3. The monoisotopic (exact) mass is 568 g/mol. The van der Waals surface area contributed by atoms with Gasteiger partial charge in [-0.15, -0.1) is 0 Å². The first-order valence-electron chi connectivity index (χ1n) is 14.8. The number of alkyl halides is 3. The molecular weight excluding hydrogens is 525 g/mol. The molecule has 0 spiro atoms. The summed E-state index contributed by atoms with van der Waals surface area (Å²) in [6.45, 7) is 15.6. The molecule has 1 N–H and O–H groups in total. The van der Waals surface area contributed by atoms with Crippen LogP contribution in [0.25, 0.3) is 11.5 Å². The standard InChI is InChI=1S/C32H43F3N6/c1-22-12-13-26-10-8-14-36-30(32(33,34)35)21-38(5)31(20-23(2)39-15-9-16-39)41-24(3)19-28(37-41)29-11-6-7-17-40(29)25(4)27(26)18-22/h12-13,18-20,29-30,36H,2,4,6-11,14-17,21H2,1,3,5H3/b31-20-. The second-order valence-electron chi connectivity index (χ2n) is 11.8. The summed E-state index contributed by atoms with van der Waals surface area (Å²) >= 11 is 0. The zero-order valence-electron chi connectivity index (χ0n) is 24.6. The van der Waals surface area contributed by atoms with Crippen molar-refractivity contribution in [3.63, 3.8) is 0 Å². The summed E-state index contributed by atoms with van der Waals surface area (Å²) in [5.74, 6) is 0.593. The van der Waals surface area contributed by atoms with Crippen molar-refractivity contribution in [2.75, 3.05) is 39.8 Å². The average molecular weight is 569 g/mol. The summed E-state index contributed by atoms with van der Waals surface area (Å²) < 4.78 is 44.6. The van der Waals surface area contributed by atoms with Crippen LogP contribution in [-0.2, 0) is 6.42 Å². The van der Waals surface area contributed by atoms with Crippen molar-refractivity contribution in [1.29, 1.82) is 0 Å². The van der Waals surface area contributed by atoms with E-state index in [2.05, 4.69) is 59.5 Å². The minimum Gasteiger partial charge on any atom is -0.372 e. The third-order valence-electron chi connectivity index (χ3n) is 8.70. The van der Waals surface area contributed by atoms with Gasteiger partial charge in [-0.2, -0.15) is 18.3 Å². The summed E-state index contributed by atoms with van der Waals surface area (Å²) in [5, 5.41) is 7.89. The molecule has 5 rings (SSSR count). The quantitative estimate of drug-likeness (QED) is 0.473. The number of hydrogen-bond acceptors (Lipinski definition) is 5. The number of benzene rings is 1. The second kappa shape index (κ2) is 12.0. The number of likely N-dealkylation sites (N-methyl/N-ethyl adjacent to an activating group) is 1. The van der Waals surface area contributed by atoms with Crippen LogP contribution in [0.5, 0.6) is 0 Å². The second-order valence-corrected chi connectivity index (χ2v) is 11.8. The van der Waals surface area contributed by atoms with Gasteiger partial charge in [0.05, 0.1) is 11.7 Å². The van der Waals surface area contributed by atoms with Crippen LogP contribution < -0.4 is 5.32 Å². The minimum absolute atomic E-state index is 0.0483. The van der Waals surface area contributed by atoms with Crippen molar-refractivity contribution in [3.8, 4) is 0 Å². The number of nitrogens with zero attached hydrogens (tertiary/aromatic N) is 5. The Morgan fingerprint density at radius 1 is 1.07 bits per heavy atom. The average Bonchev–Trinajstić information content (AvgIpc) is 3.27. The molecule has 1 aromatic heterocycles. The van der Waals surface area contributed by atoms with Crippen molar-refractivity contribution >= 4 is 11.5 Å². The zero-order valence-corrected chi connectivity index (χ0v) is 24.6. The number of likely N-dealkylation sites (tertiary alicyclic amines) is 1. The normalized spacial score (nSPS) is 23.7. The van der Waals surface area contributed by atoms with E-state index in [1.54, 1.807) is 16.6 Å². The fourth-order valence-electron chi connectivity index (χ4n) is 6.17. The predicted octanol–water partition coefficient (Wildman–Crippen LogP) is 6.11. The van der Waals surface area contributed by atoms with E-state index < -0.39 is 12.2 Å². The Kier molecular flexibility index (Phi) is 8.55. The molecule has 41 heavy (non-hydrogen) atoms. The maximum Gasteiger partial charge on any atom is 0.405 e. The van der Waals surface area contributed by atoms with Gasteiger partial charge in [0.25, 0.3) is 0 Å². The predicted molar refractivity (Wildman–Crippen MR) is 159 cm³/mol. The summed E-state index contributed by atoms with van der Waals surface area (Å²) in [6.07, 6.45) is 2.98. The van der Waals surface area contributed by atoms with Crippen LogP contribution in [0.1, 0.15) is 66.2 Å². The number of halogens is 3. The van der Waals surface area contributed by atoms with Gasteiger partial charge < -0.3 is 20.0 Å². The van der Waals surface area contributed by atoms with Crippen molar-refractivity contribution in [3.05, 3.63) is 77.3 Å². The van der Waals surface area contributed by atoms with Crippen molar-refractivity contribution in [2.24, 2.45) is 0 Å². The first-order valence-corrected chi connectivity index (χ1v) is 14.8. The van der Waals surface area contributed by atoms with E-state index in [0.29, 0.717) is 18.7 Å². The molecule has 3 aliphatic rings. The molecule has 2 bridgehead atoms. The molecule has 9 heteroatoms. The number of hydrogen-bond donors (Lipinski definition) is 1. The van der Waals surface area contributed by atoms with E-state index in [-0.39, 0.29) is 19.1 Å². The van der Waals surface area contributed by atoms with Gasteiger partial charge >= 0.3 is 6.18 Å². The molecule has 2 aromatic rings. The van der Waals surface area contributed by atoms with Crippen LogP contribution in [0, 0.1) is 13.8 Å². The van der Waals surface area contributed by atoms with Crippen molar-refractivity contribution in [1.82, 2.24) is 29.8 Å². The Balaban J connectivity index is 1.60. The van der Waals surface area contributed by atoms with Crippen LogP contribution in [0.15, 0.2) is 49.2 Å². The van der Waals surface area contributed by atoms with Gasteiger partial charge in [-0.3, -0.25) is 0 Å². The van der Waals surface area contributed by atoms with Gasteiger partial charge in [-0.25, -0.2) is 4.68 Å². The summed E-state index contributed by atoms with van der Waals surface area (Å²) in [4.78, 5) is 6.20. The number of rotatable bonds is 2. The molecule has 2 fully saturated rings. The number of nitrogens with one attached hydrogen (secondary N) is 1. The van der Waals surface area contributed by atoms with E-state index in [1.165, 1.54) is 0 Å². The Bertz CT molecular complexity index is 1300. The lowest BCUT2D eigenvalue weighted by Gasteiger charge is -2.38. The van der Waals surface area contributed by atoms with E-state index in [0.717, 1.165) is 84.8 Å². The van der Waals surface area contributed by atoms with Crippen molar-refractivity contribution in [2.45, 2.75) is 70.6 Å². The Morgan fingerprint density at radius 2 is 1.85 bits per heavy atom. The first kappa shape index (κ1) is 29.3. The molecule has 2 atom stereocenters. The van der Waals surface area contributed by atoms with Crippen molar-refractivity contribution < 1.29 is 13.2 Å². The molecule has 4 heterocycles. The minimum atomic E-state index is -4.39. The van der Waals surface area contributed by atoms with Crippen LogP contribution in [0.3, 0.4) is 0 Å². The van der Waals surface area contributed by atoms with Gasteiger partial charge in [-0.05, 0) is 76.6 Å². The molecule has 2 saturated heterocycles. The Morgan fingerprint density at radius 3 is 2.56 bits per heavy atom. The third-order valence-corrected chi connectivity index (χ3v) is 8.70. The maximum absolute atomic E-state index is 14.3. The van der Waals surface area contributed by atoms with E-state index in [9.17, 15) is 13.2 Å². The molecular formula is C32H43F3N6. The number of piperidine rings is 1. The van der Waals surface area contributed by atoms with Gasteiger partial charge in [-0.1, -0.05) is 30.9 Å². The SMILES string of the molecule is C=C(/C=C1/N(C)CC(C(F)(F)F)NCCCc2ccc(C)cc2C(=C)N2CCCCC2c2cc(C)n1n2)N1CCC1. The van der Waals surface area contributed by atoms with Gasteiger partial charge in [0, 0.05) is 62.0 Å². The third kappa shape index (κ3) is 6.35. The molecule has 222 valence electrons. The van der Waals surface area contributed by atoms with Gasteiger partial charge in [0.2, 0.25) is 0 Å². The molecule has 0 radical (unpaired) electrons. The molecule has 0 aliphatic carbocycles. The summed E-state index contributed by atoms with van der Waals surface area (Å²) in [6, 6.07) is 6.79. The highest BCUT2D eigenvalue weighted by molar-refractivity contribution is 5.66. The highest BCUT2D eigenvalue weighted by Gasteiger charge is 2.40. The number of fused-ring (bicyclic) bond motifs is 5. The van der Waals surface area contributed by atoms with Crippen LogP contribution in [0.4, 0.5) is 13.2 Å². The topological polar surface area (TPSA) is 39.6 Å². The first-order chi connectivity index (χ1) is 19.5. The highest BCUT2D eigenvalue weighted by Crippen LogP contribution is 2.38. The zero-order chi connectivity index (χ0) is 29.3. The molecule has 1 aromatic carbocycles. The highest BCUT2D eigenvalue weighted by atomic mass is 19.4. The Hall–Kier alpha value is -3.20. The molecule has 2 unspecified atom stereocenters. The summed E-state index contributed by atoms with van der Waals surface area (Å²) in [7, 11) is 1.72. The lowest BCUT2D eigenvalue weighted by atomic mass is 9.93. The smallest absolute Gasteiger partial charge is 0.372 e. The fraction of sp³-hybridized carbons (Fsp3) is 0.531. The van der Waals surface area contributed by atoms with Crippen LogP contribution in [0.2, 0.25) is 0 Å². The molecule has 0 saturated carbocycles. The number of allylic oxidation sites excluding steroid dienone is 1. The fourth-order valence-corrected chi connectivity index (χ4v) is 6.17. The molecule has 3 aliphatic heterocycles. The van der Waals surface area contributed by atoms with E-state index in [1.807, 2.05) is 13.0 Å². The lowest BCUT2D eigenvalue weighted by Crippen LogP contribution is -2.49.